The number of amides is 1. The third-order valence-corrected chi connectivity index (χ3v) is 3.60. The first-order valence-corrected chi connectivity index (χ1v) is 6.47. The van der Waals surface area contributed by atoms with Crippen LogP contribution in [0.25, 0.3) is 0 Å². The first-order chi connectivity index (χ1) is 8.88. The van der Waals surface area contributed by atoms with Crippen molar-refractivity contribution in [3.63, 3.8) is 0 Å². The van der Waals surface area contributed by atoms with Gasteiger partial charge in [0.05, 0.1) is 6.42 Å². The quantitative estimate of drug-likeness (QED) is 0.907. The Balaban J connectivity index is 2.08. The fourth-order valence-electron chi connectivity index (χ4n) is 2.79. The highest BCUT2D eigenvalue weighted by Crippen LogP contribution is 2.25. The molecular formula is C15H19NO3. The smallest absolute Gasteiger partial charge is 0.303 e. The van der Waals surface area contributed by atoms with Crippen LogP contribution in [0.3, 0.4) is 0 Å². The molecule has 0 saturated carbocycles. The van der Waals surface area contributed by atoms with Crippen LogP contribution in [-0.4, -0.2) is 35.0 Å². The van der Waals surface area contributed by atoms with E-state index in [0.717, 1.165) is 22.3 Å². The standard InChI is InChI=1S/C15H19NO3/c1-9-4-10(2)14(11(3)5-9)15(19)16-7-12(8-16)6-13(17)18/h4-5,12H,6-8H2,1-3H3,(H,17,18). The van der Waals surface area contributed by atoms with Crippen LogP contribution in [0, 0.1) is 26.7 Å². The van der Waals surface area contributed by atoms with Gasteiger partial charge >= 0.3 is 5.97 Å². The predicted molar refractivity (Wildman–Crippen MR) is 72.3 cm³/mol. The number of carboxylic acids is 1. The predicted octanol–water partition coefficient (Wildman–Crippen LogP) is 2.16. The SMILES string of the molecule is Cc1cc(C)c(C(=O)N2CC(CC(=O)O)C2)c(C)c1. The van der Waals surface area contributed by atoms with Crippen LogP contribution in [0.15, 0.2) is 12.1 Å². The van der Waals surface area contributed by atoms with Crippen LogP contribution in [0.1, 0.15) is 33.5 Å². The van der Waals surface area contributed by atoms with Gasteiger partial charge < -0.3 is 10.0 Å². The molecule has 1 aliphatic heterocycles. The number of carbonyl (C=O) groups excluding carboxylic acids is 1. The molecule has 0 spiro atoms. The van der Waals surface area contributed by atoms with E-state index >= 15 is 0 Å². The highest BCUT2D eigenvalue weighted by molar-refractivity contribution is 5.97. The van der Waals surface area contributed by atoms with Crippen LogP contribution in [0.5, 0.6) is 0 Å². The molecule has 4 nitrogen and oxygen atoms in total. The van der Waals surface area contributed by atoms with Gasteiger partial charge in [0.2, 0.25) is 0 Å². The van der Waals surface area contributed by atoms with Crippen molar-refractivity contribution in [1.29, 1.82) is 0 Å². The molecule has 1 aromatic rings. The Morgan fingerprint density at radius 3 is 2.21 bits per heavy atom. The Morgan fingerprint density at radius 2 is 1.74 bits per heavy atom. The van der Waals surface area contributed by atoms with Gasteiger partial charge in [0, 0.05) is 24.6 Å². The van der Waals surface area contributed by atoms with E-state index in [-0.39, 0.29) is 18.2 Å². The molecule has 0 bridgehead atoms. The molecule has 1 heterocycles. The second kappa shape index (κ2) is 5.03. The van der Waals surface area contributed by atoms with Crippen LogP contribution in [0.2, 0.25) is 0 Å². The molecule has 0 radical (unpaired) electrons. The van der Waals surface area contributed by atoms with E-state index in [9.17, 15) is 9.59 Å². The van der Waals surface area contributed by atoms with Gasteiger partial charge in [0.15, 0.2) is 0 Å². The number of rotatable bonds is 3. The van der Waals surface area contributed by atoms with Gasteiger partial charge in [-0.2, -0.15) is 0 Å². The second-order valence-corrected chi connectivity index (χ2v) is 5.45. The van der Waals surface area contributed by atoms with E-state index in [0.29, 0.717) is 13.1 Å². The summed E-state index contributed by atoms with van der Waals surface area (Å²) in [6.45, 7) is 7.01. The van der Waals surface area contributed by atoms with E-state index in [1.165, 1.54) is 0 Å². The fraction of sp³-hybridized carbons (Fsp3) is 0.467. The number of likely N-dealkylation sites (tertiary alicyclic amines) is 1. The number of benzene rings is 1. The largest absolute Gasteiger partial charge is 0.481 e. The van der Waals surface area contributed by atoms with Gasteiger partial charge in [-0.05, 0) is 31.9 Å². The molecule has 1 aliphatic rings. The lowest BCUT2D eigenvalue weighted by atomic mass is 9.93. The number of nitrogens with zero attached hydrogens (tertiary/aromatic N) is 1. The topological polar surface area (TPSA) is 57.6 Å². The summed E-state index contributed by atoms with van der Waals surface area (Å²) in [5, 5.41) is 8.71. The highest BCUT2D eigenvalue weighted by atomic mass is 16.4. The van der Waals surface area contributed by atoms with Crippen molar-refractivity contribution in [2.24, 2.45) is 5.92 Å². The highest BCUT2D eigenvalue weighted by Gasteiger charge is 2.33. The number of carbonyl (C=O) groups is 2. The summed E-state index contributed by atoms with van der Waals surface area (Å²) in [4.78, 5) is 24.7. The molecule has 0 atom stereocenters. The molecule has 19 heavy (non-hydrogen) atoms. The second-order valence-electron chi connectivity index (χ2n) is 5.45. The number of hydrogen-bond acceptors (Lipinski definition) is 2. The summed E-state index contributed by atoms with van der Waals surface area (Å²) in [6, 6.07) is 4.02. The van der Waals surface area contributed by atoms with Crippen molar-refractivity contribution < 1.29 is 14.7 Å². The zero-order chi connectivity index (χ0) is 14.2. The summed E-state index contributed by atoms with van der Waals surface area (Å²) < 4.78 is 0. The van der Waals surface area contributed by atoms with Crippen molar-refractivity contribution in [1.82, 2.24) is 4.90 Å². The van der Waals surface area contributed by atoms with E-state index in [4.69, 9.17) is 5.11 Å². The molecule has 1 N–H and O–H groups in total. The zero-order valence-corrected chi connectivity index (χ0v) is 11.6. The van der Waals surface area contributed by atoms with Crippen molar-refractivity contribution >= 4 is 11.9 Å². The Kier molecular flexibility index (Phi) is 3.60. The summed E-state index contributed by atoms with van der Waals surface area (Å²) >= 11 is 0. The van der Waals surface area contributed by atoms with Gasteiger partial charge in [0.25, 0.3) is 5.91 Å². The van der Waals surface area contributed by atoms with Gasteiger partial charge in [-0.3, -0.25) is 9.59 Å². The van der Waals surface area contributed by atoms with Crippen LogP contribution in [-0.2, 0) is 4.79 Å². The molecule has 0 aromatic heterocycles. The van der Waals surface area contributed by atoms with E-state index in [2.05, 4.69) is 0 Å². The van der Waals surface area contributed by atoms with Gasteiger partial charge in [0.1, 0.15) is 0 Å². The Morgan fingerprint density at radius 1 is 1.21 bits per heavy atom. The van der Waals surface area contributed by atoms with E-state index in [1.54, 1.807) is 4.90 Å². The van der Waals surface area contributed by atoms with Gasteiger partial charge in [-0.15, -0.1) is 0 Å². The van der Waals surface area contributed by atoms with Crippen LogP contribution in [0.4, 0.5) is 0 Å². The van der Waals surface area contributed by atoms with Crippen molar-refractivity contribution in [2.45, 2.75) is 27.2 Å². The van der Waals surface area contributed by atoms with Gasteiger partial charge in [-0.25, -0.2) is 0 Å². The van der Waals surface area contributed by atoms with Crippen LogP contribution >= 0.6 is 0 Å². The lowest BCUT2D eigenvalue weighted by molar-refractivity contribution is -0.139. The third kappa shape index (κ3) is 2.78. The molecule has 1 aromatic carbocycles. The molecule has 1 saturated heterocycles. The Labute approximate surface area is 113 Å². The molecule has 102 valence electrons. The maximum Gasteiger partial charge on any atom is 0.303 e. The van der Waals surface area contributed by atoms with Crippen molar-refractivity contribution in [3.8, 4) is 0 Å². The van der Waals surface area contributed by atoms with E-state index in [1.807, 2.05) is 32.9 Å². The first kappa shape index (κ1) is 13.6. The number of carboxylic acid groups (broad SMARTS) is 1. The summed E-state index contributed by atoms with van der Waals surface area (Å²) in [7, 11) is 0. The minimum Gasteiger partial charge on any atom is -0.481 e. The summed E-state index contributed by atoms with van der Waals surface area (Å²) in [6.07, 6.45) is 0.148. The Bertz CT molecular complexity index is 507. The van der Waals surface area contributed by atoms with E-state index < -0.39 is 5.97 Å². The first-order valence-electron chi connectivity index (χ1n) is 6.47. The number of hydrogen-bond donors (Lipinski definition) is 1. The monoisotopic (exact) mass is 261 g/mol. The minimum atomic E-state index is -0.792. The molecule has 4 heteroatoms. The molecule has 1 fully saturated rings. The maximum absolute atomic E-state index is 12.4. The lowest BCUT2D eigenvalue weighted by Gasteiger charge is -2.39. The minimum absolute atomic E-state index is 0.0247. The maximum atomic E-state index is 12.4. The molecule has 0 aliphatic carbocycles. The zero-order valence-electron chi connectivity index (χ0n) is 11.6. The Hall–Kier alpha value is -1.84. The normalized spacial score (nSPS) is 15.2. The number of aliphatic carboxylic acids is 1. The number of aryl methyl sites for hydroxylation is 3. The summed E-state index contributed by atoms with van der Waals surface area (Å²) in [5.41, 5.74) is 3.90. The lowest BCUT2D eigenvalue weighted by Crippen LogP contribution is -2.50. The molecule has 1 amide bonds. The summed E-state index contributed by atoms with van der Waals surface area (Å²) in [5.74, 6) is -0.663. The molecular weight excluding hydrogens is 242 g/mol. The average molecular weight is 261 g/mol. The fourth-order valence-corrected chi connectivity index (χ4v) is 2.79. The average Bonchev–Trinajstić information content (AvgIpc) is 2.20. The molecule has 2 rings (SSSR count). The van der Waals surface area contributed by atoms with Crippen LogP contribution < -0.4 is 0 Å². The van der Waals surface area contributed by atoms with Crippen molar-refractivity contribution in [3.05, 3.63) is 34.4 Å². The third-order valence-electron chi connectivity index (χ3n) is 3.60. The van der Waals surface area contributed by atoms with Gasteiger partial charge in [-0.1, -0.05) is 17.7 Å². The molecule has 0 unspecified atom stereocenters. The van der Waals surface area contributed by atoms with Crippen molar-refractivity contribution in [2.75, 3.05) is 13.1 Å².